The van der Waals surface area contributed by atoms with E-state index in [1.54, 1.807) is 0 Å². The molecule has 0 atom stereocenters. The van der Waals surface area contributed by atoms with Crippen molar-refractivity contribution >= 4 is 11.3 Å². The first-order valence-electron chi connectivity index (χ1n) is 6.75. The third kappa shape index (κ3) is 7.82. The first kappa shape index (κ1) is 15.6. The summed E-state index contributed by atoms with van der Waals surface area (Å²) in [5.41, 5.74) is 0. The lowest BCUT2D eigenvalue weighted by Crippen LogP contribution is -2.31. The van der Waals surface area contributed by atoms with E-state index in [0.717, 1.165) is 26.1 Å². The van der Waals surface area contributed by atoms with E-state index in [9.17, 15) is 0 Å². The number of hydrogen-bond donors (Lipinski definition) is 1. The monoisotopic (exact) mass is 269 g/mol. The van der Waals surface area contributed by atoms with Gasteiger partial charge in [0.15, 0.2) is 0 Å². The van der Waals surface area contributed by atoms with Crippen LogP contribution in [0.15, 0.2) is 17.5 Å². The average molecular weight is 269 g/mol. The van der Waals surface area contributed by atoms with Gasteiger partial charge >= 0.3 is 0 Å². The van der Waals surface area contributed by atoms with Crippen LogP contribution in [0, 0.1) is 0 Å². The minimum Gasteiger partial charge on any atom is -0.315 e. The highest BCUT2D eigenvalue weighted by atomic mass is 32.1. The van der Waals surface area contributed by atoms with E-state index in [1.807, 2.05) is 11.3 Å². The summed E-state index contributed by atoms with van der Waals surface area (Å²) in [7, 11) is 6.47. The molecule has 4 heteroatoms. The third-order valence-electron chi connectivity index (χ3n) is 2.94. The van der Waals surface area contributed by atoms with Gasteiger partial charge in [0, 0.05) is 24.5 Å². The molecule has 0 bridgehead atoms. The highest BCUT2D eigenvalue weighted by Gasteiger charge is 1.99. The van der Waals surface area contributed by atoms with Crippen molar-refractivity contribution in [3.05, 3.63) is 22.4 Å². The Morgan fingerprint density at radius 1 is 1.11 bits per heavy atom. The van der Waals surface area contributed by atoms with Crippen molar-refractivity contribution in [3.8, 4) is 0 Å². The number of likely N-dealkylation sites (N-methyl/N-ethyl adjacent to an activating group) is 1. The number of thiophene rings is 1. The van der Waals surface area contributed by atoms with Crippen LogP contribution in [0.2, 0.25) is 0 Å². The van der Waals surface area contributed by atoms with Gasteiger partial charge in [-0.05, 0) is 58.5 Å². The van der Waals surface area contributed by atoms with E-state index in [-0.39, 0.29) is 0 Å². The molecule has 0 aromatic carbocycles. The standard InChI is InChI=1S/C14H27N3S/c1-16(2)10-5-11-17(3)12-9-15-8-7-14-6-4-13-18-14/h4,6,13,15H,5,7-12H2,1-3H3. The van der Waals surface area contributed by atoms with Crippen molar-refractivity contribution in [2.75, 3.05) is 53.9 Å². The molecule has 3 nitrogen and oxygen atoms in total. The zero-order chi connectivity index (χ0) is 13.2. The Morgan fingerprint density at radius 2 is 1.94 bits per heavy atom. The molecule has 0 aliphatic rings. The Labute approximate surface area is 116 Å². The molecule has 0 spiro atoms. The molecule has 1 aromatic rings. The van der Waals surface area contributed by atoms with Crippen LogP contribution in [0.4, 0.5) is 0 Å². The van der Waals surface area contributed by atoms with Gasteiger partial charge in [0.1, 0.15) is 0 Å². The topological polar surface area (TPSA) is 18.5 Å². The van der Waals surface area contributed by atoms with Gasteiger partial charge in [-0.15, -0.1) is 11.3 Å². The lowest BCUT2D eigenvalue weighted by Gasteiger charge is -2.18. The van der Waals surface area contributed by atoms with E-state index >= 15 is 0 Å². The molecule has 104 valence electrons. The lowest BCUT2D eigenvalue weighted by atomic mass is 10.3. The van der Waals surface area contributed by atoms with E-state index in [1.165, 1.54) is 24.4 Å². The van der Waals surface area contributed by atoms with Gasteiger partial charge in [-0.1, -0.05) is 6.07 Å². The van der Waals surface area contributed by atoms with E-state index in [4.69, 9.17) is 0 Å². The molecule has 1 aromatic heterocycles. The van der Waals surface area contributed by atoms with Crippen molar-refractivity contribution < 1.29 is 0 Å². The Hall–Kier alpha value is -0.420. The Balaban J connectivity index is 1.90. The summed E-state index contributed by atoms with van der Waals surface area (Å²) in [5, 5.41) is 5.66. The molecule has 0 unspecified atom stereocenters. The minimum absolute atomic E-state index is 1.09. The molecule has 0 radical (unpaired) electrons. The summed E-state index contributed by atoms with van der Waals surface area (Å²) in [6.45, 7) is 5.68. The molecule has 1 heterocycles. The van der Waals surface area contributed by atoms with Gasteiger partial charge < -0.3 is 15.1 Å². The van der Waals surface area contributed by atoms with Crippen molar-refractivity contribution in [1.82, 2.24) is 15.1 Å². The average Bonchev–Trinajstić information content (AvgIpc) is 2.81. The Morgan fingerprint density at radius 3 is 2.61 bits per heavy atom. The summed E-state index contributed by atoms with van der Waals surface area (Å²) >= 11 is 1.85. The molecule has 18 heavy (non-hydrogen) atoms. The molecule has 1 N–H and O–H groups in total. The largest absolute Gasteiger partial charge is 0.315 e. The van der Waals surface area contributed by atoms with Crippen LogP contribution in [0.25, 0.3) is 0 Å². The first-order chi connectivity index (χ1) is 8.68. The fourth-order valence-electron chi connectivity index (χ4n) is 1.83. The summed E-state index contributed by atoms with van der Waals surface area (Å²) in [6, 6.07) is 4.33. The second kappa shape index (κ2) is 9.50. The normalized spacial score (nSPS) is 11.6. The van der Waals surface area contributed by atoms with Gasteiger partial charge in [-0.3, -0.25) is 0 Å². The molecule has 0 aliphatic heterocycles. The van der Waals surface area contributed by atoms with Crippen molar-refractivity contribution in [1.29, 1.82) is 0 Å². The SMILES string of the molecule is CN(C)CCCN(C)CCNCCc1cccs1. The van der Waals surface area contributed by atoms with Crippen LogP contribution in [0.3, 0.4) is 0 Å². The predicted octanol–water partition coefficient (Wildman–Crippen LogP) is 1.76. The lowest BCUT2D eigenvalue weighted by molar-refractivity contribution is 0.300. The first-order valence-corrected chi connectivity index (χ1v) is 7.63. The second-order valence-corrected chi connectivity index (χ2v) is 6.07. The zero-order valence-corrected chi connectivity index (χ0v) is 12.8. The number of hydrogen-bond acceptors (Lipinski definition) is 4. The number of rotatable bonds is 10. The van der Waals surface area contributed by atoms with Crippen LogP contribution < -0.4 is 5.32 Å². The number of nitrogens with one attached hydrogen (secondary N) is 1. The predicted molar refractivity (Wildman–Crippen MR) is 81.6 cm³/mol. The van der Waals surface area contributed by atoms with E-state index in [2.05, 4.69) is 53.8 Å². The van der Waals surface area contributed by atoms with Crippen molar-refractivity contribution in [3.63, 3.8) is 0 Å². The number of nitrogens with zero attached hydrogens (tertiary/aromatic N) is 2. The molecule has 0 saturated carbocycles. The van der Waals surface area contributed by atoms with Gasteiger partial charge in [0.25, 0.3) is 0 Å². The van der Waals surface area contributed by atoms with Gasteiger partial charge in [-0.25, -0.2) is 0 Å². The second-order valence-electron chi connectivity index (χ2n) is 5.04. The molecule has 1 rings (SSSR count). The maximum absolute atomic E-state index is 3.51. The fourth-order valence-corrected chi connectivity index (χ4v) is 2.54. The Kier molecular flexibility index (Phi) is 8.25. The van der Waals surface area contributed by atoms with Crippen LogP contribution in [0.5, 0.6) is 0 Å². The molecule has 0 fully saturated rings. The van der Waals surface area contributed by atoms with Crippen molar-refractivity contribution in [2.24, 2.45) is 0 Å². The molecular weight excluding hydrogens is 242 g/mol. The van der Waals surface area contributed by atoms with Crippen LogP contribution in [0.1, 0.15) is 11.3 Å². The zero-order valence-electron chi connectivity index (χ0n) is 12.0. The Bertz CT molecular complexity index is 285. The maximum Gasteiger partial charge on any atom is 0.0104 e. The summed E-state index contributed by atoms with van der Waals surface area (Å²) in [5.74, 6) is 0. The van der Waals surface area contributed by atoms with Crippen molar-refractivity contribution in [2.45, 2.75) is 12.8 Å². The van der Waals surface area contributed by atoms with E-state index < -0.39 is 0 Å². The molecule has 0 saturated heterocycles. The molecular formula is C14H27N3S. The van der Waals surface area contributed by atoms with Gasteiger partial charge in [-0.2, -0.15) is 0 Å². The summed E-state index contributed by atoms with van der Waals surface area (Å²) in [4.78, 5) is 6.12. The maximum atomic E-state index is 3.51. The fraction of sp³-hybridized carbons (Fsp3) is 0.714. The summed E-state index contributed by atoms with van der Waals surface area (Å²) < 4.78 is 0. The summed E-state index contributed by atoms with van der Waals surface area (Å²) in [6.07, 6.45) is 2.40. The minimum atomic E-state index is 1.09. The van der Waals surface area contributed by atoms with Crippen LogP contribution >= 0.6 is 11.3 Å². The third-order valence-corrected chi connectivity index (χ3v) is 3.88. The molecule has 0 aliphatic carbocycles. The van der Waals surface area contributed by atoms with Crippen LogP contribution in [-0.2, 0) is 6.42 Å². The quantitative estimate of drug-likeness (QED) is 0.653. The highest BCUT2D eigenvalue weighted by molar-refractivity contribution is 7.09. The van der Waals surface area contributed by atoms with Crippen LogP contribution in [-0.4, -0.2) is 63.7 Å². The highest BCUT2D eigenvalue weighted by Crippen LogP contribution is 2.07. The molecule has 0 amide bonds. The van der Waals surface area contributed by atoms with Gasteiger partial charge in [0.2, 0.25) is 0 Å². The van der Waals surface area contributed by atoms with E-state index in [0.29, 0.717) is 0 Å². The van der Waals surface area contributed by atoms with Gasteiger partial charge in [0.05, 0.1) is 0 Å². The smallest absolute Gasteiger partial charge is 0.0104 e.